The van der Waals surface area contributed by atoms with Crippen LogP contribution >= 0.6 is 0 Å². The number of urea groups is 1. The molecule has 2 amide bonds. The highest BCUT2D eigenvalue weighted by Crippen LogP contribution is 2.26. The molecular formula is C10H12N2O2. The van der Waals surface area contributed by atoms with Crippen LogP contribution in [0, 0.1) is 0 Å². The van der Waals surface area contributed by atoms with Crippen LogP contribution in [0.25, 0.3) is 0 Å². The summed E-state index contributed by atoms with van der Waals surface area (Å²) in [7, 11) is 1.73. The number of hydrogen-bond acceptors (Lipinski definition) is 2. The van der Waals surface area contributed by atoms with Crippen molar-refractivity contribution in [2.24, 2.45) is 0 Å². The van der Waals surface area contributed by atoms with Crippen molar-refractivity contribution in [2.75, 3.05) is 13.6 Å². The molecule has 0 radical (unpaired) electrons. The van der Waals surface area contributed by atoms with Gasteiger partial charge in [0.25, 0.3) is 0 Å². The number of nitrogens with zero attached hydrogens (tertiary/aromatic N) is 1. The Morgan fingerprint density at radius 1 is 1.50 bits per heavy atom. The van der Waals surface area contributed by atoms with Crippen LogP contribution in [0.15, 0.2) is 24.3 Å². The lowest BCUT2D eigenvalue weighted by Crippen LogP contribution is -2.23. The lowest BCUT2D eigenvalue weighted by molar-refractivity contribution is 0.226. The molecule has 1 heterocycles. The topological polar surface area (TPSA) is 52.6 Å². The third-order valence-corrected chi connectivity index (χ3v) is 2.41. The van der Waals surface area contributed by atoms with E-state index in [4.69, 9.17) is 0 Å². The molecule has 1 aromatic carbocycles. The Hall–Kier alpha value is -1.71. The lowest BCUT2D eigenvalue weighted by atomic mass is 10.1. The Morgan fingerprint density at radius 3 is 2.79 bits per heavy atom. The summed E-state index contributed by atoms with van der Waals surface area (Å²) in [4.78, 5) is 12.8. The van der Waals surface area contributed by atoms with E-state index in [1.165, 1.54) is 0 Å². The van der Waals surface area contributed by atoms with E-state index in [-0.39, 0.29) is 17.8 Å². The predicted octanol–water partition coefficient (Wildman–Crippen LogP) is 1.09. The predicted molar refractivity (Wildman–Crippen MR) is 52.0 cm³/mol. The number of carbonyl (C=O) groups excluding carboxylic acids is 1. The fourth-order valence-corrected chi connectivity index (χ4v) is 1.62. The number of phenolic OH excluding ortho intramolecular Hbond substituents is 1. The van der Waals surface area contributed by atoms with Crippen molar-refractivity contribution >= 4 is 6.03 Å². The Morgan fingerprint density at radius 2 is 2.21 bits per heavy atom. The normalized spacial score (nSPS) is 21.1. The van der Waals surface area contributed by atoms with Gasteiger partial charge in [-0.05, 0) is 6.07 Å². The zero-order chi connectivity index (χ0) is 10.1. The van der Waals surface area contributed by atoms with E-state index in [1.54, 1.807) is 24.1 Å². The molecule has 1 aliphatic rings. The number of phenols is 1. The molecule has 1 fully saturated rings. The Labute approximate surface area is 82.2 Å². The van der Waals surface area contributed by atoms with E-state index < -0.39 is 0 Å². The van der Waals surface area contributed by atoms with Crippen molar-refractivity contribution in [3.8, 4) is 5.75 Å². The van der Waals surface area contributed by atoms with Crippen molar-refractivity contribution in [1.29, 1.82) is 0 Å². The molecule has 1 aromatic rings. The van der Waals surface area contributed by atoms with Gasteiger partial charge < -0.3 is 15.3 Å². The fourth-order valence-electron chi connectivity index (χ4n) is 1.62. The quantitative estimate of drug-likeness (QED) is 0.699. The average molecular weight is 192 g/mol. The number of likely N-dealkylation sites (N-methyl/N-ethyl adjacent to an activating group) is 1. The summed E-state index contributed by atoms with van der Waals surface area (Å²) in [5.74, 6) is 0.230. The van der Waals surface area contributed by atoms with Gasteiger partial charge in [-0.3, -0.25) is 0 Å². The third-order valence-electron chi connectivity index (χ3n) is 2.41. The van der Waals surface area contributed by atoms with E-state index >= 15 is 0 Å². The molecule has 0 bridgehead atoms. The van der Waals surface area contributed by atoms with Gasteiger partial charge in [-0.1, -0.05) is 18.2 Å². The molecule has 1 atom stereocenters. The summed E-state index contributed by atoms with van der Waals surface area (Å²) in [5.41, 5.74) is 0.769. The van der Waals surface area contributed by atoms with Gasteiger partial charge in [0.15, 0.2) is 0 Å². The van der Waals surface area contributed by atoms with Gasteiger partial charge in [0, 0.05) is 19.2 Å². The van der Waals surface area contributed by atoms with E-state index in [0.717, 1.165) is 5.56 Å². The highest BCUT2D eigenvalue weighted by molar-refractivity contribution is 5.77. The minimum absolute atomic E-state index is 0.0988. The van der Waals surface area contributed by atoms with Crippen LogP contribution in [0.3, 0.4) is 0 Å². The molecule has 1 saturated heterocycles. The maximum Gasteiger partial charge on any atom is 0.317 e. The summed E-state index contributed by atoms with van der Waals surface area (Å²) in [6, 6.07) is 6.85. The molecule has 0 spiro atoms. The molecule has 2 N–H and O–H groups in total. The van der Waals surface area contributed by atoms with Crippen LogP contribution in [-0.2, 0) is 0 Å². The van der Waals surface area contributed by atoms with Crippen LogP contribution in [0.2, 0.25) is 0 Å². The largest absolute Gasteiger partial charge is 0.508 e. The second-order valence-electron chi connectivity index (χ2n) is 3.44. The van der Waals surface area contributed by atoms with Crippen LogP contribution < -0.4 is 5.32 Å². The number of benzene rings is 1. The van der Waals surface area contributed by atoms with Crippen LogP contribution in [-0.4, -0.2) is 29.6 Å². The second-order valence-corrected chi connectivity index (χ2v) is 3.44. The summed E-state index contributed by atoms with van der Waals surface area (Å²) in [6.45, 7) is 0.594. The molecule has 2 rings (SSSR count). The first kappa shape index (κ1) is 8.87. The molecule has 4 nitrogen and oxygen atoms in total. The molecule has 0 aliphatic carbocycles. The van der Waals surface area contributed by atoms with Gasteiger partial charge in [0.05, 0.1) is 6.04 Å². The Kier molecular flexibility index (Phi) is 2.04. The molecule has 1 unspecified atom stereocenters. The standard InChI is InChI=1S/C10H12N2O2/c1-12-6-8(11-10(12)14)7-4-2-3-5-9(7)13/h2-5,8,13H,6H2,1H3,(H,11,14). The van der Waals surface area contributed by atoms with Gasteiger partial charge >= 0.3 is 6.03 Å². The van der Waals surface area contributed by atoms with Gasteiger partial charge in [-0.2, -0.15) is 0 Å². The number of rotatable bonds is 1. The number of nitrogens with one attached hydrogen (secondary N) is 1. The van der Waals surface area contributed by atoms with Crippen LogP contribution in [0.1, 0.15) is 11.6 Å². The Balaban J connectivity index is 2.25. The second kappa shape index (κ2) is 3.21. The summed E-state index contributed by atoms with van der Waals surface area (Å²) >= 11 is 0. The first-order chi connectivity index (χ1) is 6.68. The fraction of sp³-hybridized carbons (Fsp3) is 0.300. The van der Waals surface area contributed by atoms with Crippen LogP contribution in [0.4, 0.5) is 4.79 Å². The van der Waals surface area contributed by atoms with E-state index in [2.05, 4.69) is 5.32 Å². The van der Waals surface area contributed by atoms with E-state index in [1.807, 2.05) is 12.1 Å². The summed E-state index contributed by atoms with van der Waals surface area (Å²) in [6.07, 6.45) is 0. The molecule has 0 aromatic heterocycles. The molecule has 4 heteroatoms. The monoisotopic (exact) mass is 192 g/mol. The van der Waals surface area contributed by atoms with Crippen molar-refractivity contribution in [3.05, 3.63) is 29.8 Å². The molecular weight excluding hydrogens is 180 g/mol. The molecule has 1 aliphatic heterocycles. The van der Waals surface area contributed by atoms with Gasteiger partial charge in [0.2, 0.25) is 0 Å². The smallest absolute Gasteiger partial charge is 0.317 e. The lowest BCUT2D eigenvalue weighted by Gasteiger charge is -2.10. The Bertz CT molecular complexity index is 365. The zero-order valence-corrected chi connectivity index (χ0v) is 7.90. The van der Waals surface area contributed by atoms with Gasteiger partial charge in [-0.15, -0.1) is 0 Å². The van der Waals surface area contributed by atoms with Crippen molar-refractivity contribution in [3.63, 3.8) is 0 Å². The number of carbonyl (C=O) groups is 1. The first-order valence-electron chi connectivity index (χ1n) is 4.48. The number of para-hydroxylation sites is 1. The summed E-state index contributed by atoms with van der Waals surface area (Å²) < 4.78 is 0. The highest BCUT2D eigenvalue weighted by Gasteiger charge is 2.28. The third kappa shape index (κ3) is 1.39. The van der Waals surface area contributed by atoms with Gasteiger partial charge in [-0.25, -0.2) is 4.79 Å². The van der Waals surface area contributed by atoms with Gasteiger partial charge in [0.1, 0.15) is 5.75 Å². The molecule has 74 valence electrons. The SMILES string of the molecule is CN1CC(c2ccccc2O)NC1=O. The van der Waals surface area contributed by atoms with E-state index in [9.17, 15) is 9.90 Å². The van der Waals surface area contributed by atoms with Crippen molar-refractivity contribution in [2.45, 2.75) is 6.04 Å². The molecule has 14 heavy (non-hydrogen) atoms. The maximum absolute atomic E-state index is 11.2. The number of hydrogen-bond donors (Lipinski definition) is 2. The highest BCUT2D eigenvalue weighted by atomic mass is 16.3. The maximum atomic E-state index is 11.2. The van der Waals surface area contributed by atoms with Crippen molar-refractivity contribution < 1.29 is 9.90 Å². The van der Waals surface area contributed by atoms with Crippen molar-refractivity contribution in [1.82, 2.24) is 10.2 Å². The van der Waals surface area contributed by atoms with E-state index in [0.29, 0.717) is 6.54 Å². The van der Waals surface area contributed by atoms with Crippen LogP contribution in [0.5, 0.6) is 5.75 Å². The zero-order valence-electron chi connectivity index (χ0n) is 7.90. The minimum atomic E-state index is -0.103. The molecule has 0 saturated carbocycles. The number of aromatic hydroxyl groups is 1. The first-order valence-corrected chi connectivity index (χ1v) is 4.48. The minimum Gasteiger partial charge on any atom is -0.508 e. The summed E-state index contributed by atoms with van der Waals surface area (Å²) in [5, 5.41) is 12.4. The average Bonchev–Trinajstić information content (AvgIpc) is 2.48. The number of amides is 2.